The number of halogens is 2. The predicted molar refractivity (Wildman–Crippen MR) is 71.0 cm³/mol. The van der Waals surface area contributed by atoms with E-state index in [9.17, 15) is 0 Å². The Balaban J connectivity index is 2.82. The van der Waals surface area contributed by atoms with E-state index in [4.69, 9.17) is 32.7 Å². The fourth-order valence-corrected chi connectivity index (χ4v) is 1.45. The van der Waals surface area contributed by atoms with E-state index in [-0.39, 0.29) is 6.61 Å². The van der Waals surface area contributed by atoms with E-state index in [1.54, 1.807) is 7.11 Å². The van der Waals surface area contributed by atoms with Crippen molar-refractivity contribution in [2.45, 2.75) is 6.54 Å². The molecule has 17 heavy (non-hydrogen) atoms. The van der Waals surface area contributed by atoms with Crippen LogP contribution in [0.4, 0.5) is 0 Å². The third kappa shape index (κ3) is 4.46. The zero-order chi connectivity index (χ0) is 12.7. The van der Waals surface area contributed by atoms with Crippen LogP contribution < -0.4 is 14.8 Å². The second-order valence-corrected chi connectivity index (χ2v) is 4.05. The molecule has 0 amide bonds. The van der Waals surface area contributed by atoms with Gasteiger partial charge in [-0.25, -0.2) is 0 Å². The third-order valence-corrected chi connectivity index (χ3v) is 2.71. The van der Waals surface area contributed by atoms with Gasteiger partial charge in [-0.05, 0) is 25.2 Å². The van der Waals surface area contributed by atoms with Crippen molar-refractivity contribution in [2.75, 3.05) is 20.8 Å². The highest BCUT2D eigenvalue weighted by Gasteiger charge is 2.05. The topological polar surface area (TPSA) is 30.5 Å². The Kier molecular flexibility index (Phi) is 6.19. The maximum absolute atomic E-state index is 5.77. The molecule has 0 heterocycles. The van der Waals surface area contributed by atoms with Crippen molar-refractivity contribution in [1.82, 2.24) is 5.32 Å². The first-order valence-corrected chi connectivity index (χ1v) is 5.91. The van der Waals surface area contributed by atoms with E-state index >= 15 is 0 Å². The average Bonchev–Trinajstić information content (AvgIpc) is 2.37. The Bertz CT molecular complexity index is 394. The summed E-state index contributed by atoms with van der Waals surface area (Å²) < 4.78 is 10.7. The molecule has 0 aliphatic rings. The maximum Gasteiger partial charge on any atom is 0.125 e. The van der Waals surface area contributed by atoms with Gasteiger partial charge in [0.1, 0.15) is 18.1 Å². The minimum Gasteiger partial charge on any atom is -0.497 e. The van der Waals surface area contributed by atoms with Crippen LogP contribution in [0.1, 0.15) is 5.56 Å². The van der Waals surface area contributed by atoms with Gasteiger partial charge in [0.25, 0.3) is 0 Å². The van der Waals surface area contributed by atoms with Crippen LogP contribution in [-0.2, 0) is 6.54 Å². The summed E-state index contributed by atoms with van der Waals surface area (Å²) in [6.07, 6.45) is 0. The number of ether oxygens (including phenoxy) is 2. The molecule has 94 valence electrons. The van der Waals surface area contributed by atoms with Crippen LogP contribution in [0.15, 0.2) is 28.8 Å². The first-order valence-electron chi connectivity index (χ1n) is 5.10. The molecule has 0 atom stereocenters. The minimum absolute atomic E-state index is 0.258. The molecule has 0 aliphatic carbocycles. The maximum atomic E-state index is 5.77. The monoisotopic (exact) mass is 275 g/mol. The van der Waals surface area contributed by atoms with E-state index in [0.717, 1.165) is 17.1 Å². The summed E-state index contributed by atoms with van der Waals surface area (Å²) in [5, 5.41) is 3.52. The molecule has 1 N–H and O–H groups in total. The van der Waals surface area contributed by atoms with E-state index in [1.165, 1.54) is 5.54 Å². The van der Waals surface area contributed by atoms with Crippen LogP contribution in [0.3, 0.4) is 0 Å². The molecule has 0 saturated carbocycles. The van der Waals surface area contributed by atoms with Gasteiger partial charge >= 0.3 is 0 Å². The summed E-state index contributed by atoms with van der Waals surface area (Å²) in [7, 11) is 3.50. The Morgan fingerprint density at radius 2 is 2.24 bits per heavy atom. The second kappa shape index (κ2) is 7.43. The van der Waals surface area contributed by atoms with Gasteiger partial charge in [0, 0.05) is 17.6 Å². The van der Waals surface area contributed by atoms with Crippen LogP contribution >= 0.6 is 23.2 Å². The van der Waals surface area contributed by atoms with Gasteiger partial charge in [-0.2, -0.15) is 0 Å². The van der Waals surface area contributed by atoms with Gasteiger partial charge in [-0.1, -0.05) is 23.2 Å². The molecule has 0 fully saturated rings. The number of nitrogens with one attached hydrogen (secondary N) is 1. The lowest BCUT2D eigenvalue weighted by Crippen LogP contribution is -2.08. The molecule has 1 rings (SSSR count). The standard InChI is InChI=1S/C12H15Cl2NO2/c1-15-7-9-5-11(16-2)3-4-12(9)17-8-10(14)6-13/h3-6,15H,7-8H2,1-2H3. The van der Waals surface area contributed by atoms with Crippen molar-refractivity contribution in [2.24, 2.45) is 0 Å². The van der Waals surface area contributed by atoms with Gasteiger partial charge < -0.3 is 14.8 Å². The molecule has 1 aromatic rings. The zero-order valence-electron chi connectivity index (χ0n) is 9.80. The van der Waals surface area contributed by atoms with Crippen molar-refractivity contribution in [3.8, 4) is 11.5 Å². The summed E-state index contributed by atoms with van der Waals surface area (Å²) in [5.74, 6) is 1.55. The van der Waals surface area contributed by atoms with E-state index in [2.05, 4.69) is 5.32 Å². The largest absolute Gasteiger partial charge is 0.497 e. The minimum atomic E-state index is 0.258. The van der Waals surface area contributed by atoms with Gasteiger partial charge in [0.05, 0.1) is 12.1 Å². The fourth-order valence-electron chi connectivity index (χ4n) is 1.33. The lowest BCUT2D eigenvalue weighted by Gasteiger charge is -2.12. The molecule has 0 saturated heterocycles. The molecule has 0 aromatic heterocycles. The number of hydrogen-bond acceptors (Lipinski definition) is 3. The zero-order valence-corrected chi connectivity index (χ0v) is 11.3. The summed E-state index contributed by atoms with van der Waals surface area (Å²) >= 11 is 11.2. The molecule has 0 unspecified atom stereocenters. The highest BCUT2D eigenvalue weighted by atomic mass is 35.5. The molecule has 0 radical (unpaired) electrons. The van der Waals surface area contributed by atoms with Crippen molar-refractivity contribution in [3.63, 3.8) is 0 Å². The van der Waals surface area contributed by atoms with Crippen LogP contribution in [-0.4, -0.2) is 20.8 Å². The van der Waals surface area contributed by atoms with Crippen LogP contribution in [0, 0.1) is 0 Å². The van der Waals surface area contributed by atoms with Gasteiger partial charge in [-0.15, -0.1) is 0 Å². The molecule has 3 nitrogen and oxygen atoms in total. The third-order valence-electron chi connectivity index (χ3n) is 2.12. The predicted octanol–water partition coefficient (Wildman–Crippen LogP) is 3.11. The van der Waals surface area contributed by atoms with E-state index in [0.29, 0.717) is 11.6 Å². The lowest BCUT2D eigenvalue weighted by atomic mass is 10.2. The van der Waals surface area contributed by atoms with Crippen molar-refractivity contribution in [1.29, 1.82) is 0 Å². The molecular formula is C12H15Cl2NO2. The van der Waals surface area contributed by atoms with Gasteiger partial charge in [0.2, 0.25) is 0 Å². The van der Waals surface area contributed by atoms with Crippen molar-refractivity contribution in [3.05, 3.63) is 34.3 Å². The van der Waals surface area contributed by atoms with Gasteiger partial charge in [0.15, 0.2) is 0 Å². The van der Waals surface area contributed by atoms with Gasteiger partial charge in [-0.3, -0.25) is 0 Å². The fraction of sp³-hybridized carbons (Fsp3) is 0.333. The van der Waals surface area contributed by atoms with Crippen LogP contribution in [0.25, 0.3) is 0 Å². The lowest BCUT2D eigenvalue weighted by molar-refractivity contribution is 0.352. The smallest absolute Gasteiger partial charge is 0.125 e. The van der Waals surface area contributed by atoms with Crippen LogP contribution in [0.2, 0.25) is 0 Å². The van der Waals surface area contributed by atoms with E-state index in [1.807, 2.05) is 25.2 Å². The number of hydrogen-bond donors (Lipinski definition) is 1. The molecule has 0 spiro atoms. The quantitative estimate of drug-likeness (QED) is 0.866. The Labute approximate surface area is 111 Å². The highest BCUT2D eigenvalue weighted by Crippen LogP contribution is 2.24. The first kappa shape index (κ1) is 14.2. The summed E-state index contributed by atoms with van der Waals surface area (Å²) in [4.78, 5) is 0. The molecule has 1 aromatic carbocycles. The Hall–Kier alpha value is -0.900. The molecule has 0 aliphatic heterocycles. The summed E-state index contributed by atoms with van der Waals surface area (Å²) in [6, 6.07) is 5.61. The van der Waals surface area contributed by atoms with E-state index < -0.39 is 0 Å². The molecule has 0 bridgehead atoms. The van der Waals surface area contributed by atoms with Crippen molar-refractivity contribution < 1.29 is 9.47 Å². The SMILES string of the molecule is CNCc1cc(OC)ccc1OCC(Cl)=CCl. The number of benzene rings is 1. The normalized spacial score (nSPS) is 11.4. The highest BCUT2D eigenvalue weighted by molar-refractivity contribution is 6.36. The molecule has 5 heteroatoms. The van der Waals surface area contributed by atoms with Crippen LogP contribution in [0.5, 0.6) is 11.5 Å². The summed E-state index contributed by atoms with van der Waals surface area (Å²) in [5.41, 5.74) is 2.30. The summed E-state index contributed by atoms with van der Waals surface area (Å²) in [6.45, 7) is 0.947. The molecular weight excluding hydrogens is 261 g/mol. The van der Waals surface area contributed by atoms with Crippen molar-refractivity contribution >= 4 is 23.2 Å². The second-order valence-electron chi connectivity index (χ2n) is 3.35. The Morgan fingerprint density at radius 1 is 1.47 bits per heavy atom. The number of rotatable bonds is 6. The first-order chi connectivity index (χ1) is 8.21. The Morgan fingerprint density at radius 3 is 2.82 bits per heavy atom. The number of methoxy groups -OCH3 is 1. The average molecular weight is 276 g/mol.